The molecule has 0 saturated carbocycles. The smallest absolute Gasteiger partial charge is 0.254 e. The molecule has 1 aliphatic rings. The molecular weight excluding hydrogens is 424 g/mol. The van der Waals surface area contributed by atoms with Crippen LogP contribution in [0.5, 0.6) is 0 Å². The number of amides is 1. The fraction of sp³-hybridized carbons (Fsp3) is 0.478. The van der Waals surface area contributed by atoms with E-state index in [0.29, 0.717) is 18.1 Å². The first-order chi connectivity index (χ1) is 15.4. The summed E-state index contributed by atoms with van der Waals surface area (Å²) in [4.78, 5) is 25.7. The zero-order valence-electron chi connectivity index (χ0n) is 19.0. The molecule has 1 amide bonds. The minimum atomic E-state index is -0.161. The van der Waals surface area contributed by atoms with Crippen LogP contribution in [-0.2, 0) is 4.74 Å². The summed E-state index contributed by atoms with van der Waals surface area (Å²) in [5, 5.41) is 9.63. The second-order valence-electron chi connectivity index (χ2n) is 8.82. The van der Waals surface area contributed by atoms with Crippen molar-refractivity contribution in [2.45, 2.75) is 39.2 Å². The zero-order valence-corrected chi connectivity index (χ0v) is 19.9. The van der Waals surface area contributed by atoms with E-state index in [9.17, 15) is 4.79 Å². The predicted octanol–water partition coefficient (Wildman–Crippen LogP) is 3.35. The Balaban J connectivity index is 1.56. The van der Waals surface area contributed by atoms with Crippen LogP contribution < -0.4 is 5.32 Å². The minimum Gasteiger partial charge on any atom is -0.379 e. The molecule has 4 rings (SSSR count). The highest BCUT2D eigenvalue weighted by atomic mass is 32.1. The molecule has 0 spiro atoms. The predicted molar refractivity (Wildman–Crippen MR) is 125 cm³/mol. The van der Waals surface area contributed by atoms with E-state index < -0.39 is 0 Å². The molecule has 0 atom stereocenters. The molecule has 32 heavy (non-hydrogen) atoms. The summed E-state index contributed by atoms with van der Waals surface area (Å²) >= 11 is 1.63. The van der Waals surface area contributed by atoms with Gasteiger partial charge in [0.1, 0.15) is 0 Å². The molecule has 0 aromatic carbocycles. The lowest BCUT2D eigenvalue weighted by molar-refractivity contribution is -0.00923. The van der Waals surface area contributed by atoms with E-state index in [4.69, 9.17) is 9.72 Å². The Morgan fingerprint density at radius 3 is 2.75 bits per heavy atom. The van der Waals surface area contributed by atoms with Gasteiger partial charge in [0.05, 0.1) is 41.2 Å². The van der Waals surface area contributed by atoms with Crippen LogP contribution in [0.4, 0.5) is 0 Å². The molecule has 9 heteroatoms. The van der Waals surface area contributed by atoms with E-state index in [2.05, 4.69) is 34.1 Å². The topological polar surface area (TPSA) is 85.2 Å². The number of morpholine rings is 1. The van der Waals surface area contributed by atoms with Crippen LogP contribution in [0.15, 0.2) is 36.0 Å². The van der Waals surface area contributed by atoms with Gasteiger partial charge in [0.25, 0.3) is 11.9 Å². The molecule has 3 aromatic rings. The Labute approximate surface area is 192 Å². The van der Waals surface area contributed by atoms with Crippen LogP contribution in [0.25, 0.3) is 16.5 Å². The molecule has 3 aromatic heterocycles. The number of hydrogen-bond acceptors (Lipinski definition) is 7. The third-order valence-electron chi connectivity index (χ3n) is 5.75. The molecule has 1 aliphatic heterocycles. The first-order valence-electron chi connectivity index (χ1n) is 10.9. The van der Waals surface area contributed by atoms with Gasteiger partial charge in [-0.25, -0.2) is 14.6 Å². The first kappa shape index (κ1) is 22.6. The second-order valence-corrected chi connectivity index (χ2v) is 9.77. The summed E-state index contributed by atoms with van der Waals surface area (Å²) < 4.78 is 7.14. The Morgan fingerprint density at radius 2 is 2.06 bits per heavy atom. The fourth-order valence-corrected chi connectivity index (χ4v) is 4.63. The van der Waals surface area contributed by atoms with Gasteiger partial charge < -0.3 is 10.1 Å². The Bertz CT molecular complexity index is 1050. The van der Waals surface area contributed by atoms with Crippen LogP contribution in [-0.4, -0.2) is 68.9 Å². The van der Waals surface area contributed by atoms with Crippen molar-refractivity contribution in [3.63, 3.8) is 0 Å². The second kappa shape index (κ2) is 9.48. The normalized spacial score (nSPS) is 15.3. The van der Waals surface area contributed by atoms with Gasteiger partial charge in [0, 0.05) is 31.4 Å². The summed E-state index contributed by atoms with van der Waals surface area (Å²) in [5.74, 6) is 0.405. The Kier molecular flexibility index (Phi) is 6.68. The molecule has 8 nitrogen and oxygen atoms in total. The van der Waals surface area contributed by atoms with Gasteiger partial charge >= 0.3 is 0 Å². The summed E-state index contributed by atoms with van der Waals surface area (Å²) in [5.41, 5.74) is 2.04. The molecule has 4 heterocycles. The van der Waals surface area contributed by atoms with Crippen molar-refractivity contribution in [1.29, 1.82) is 0 Å². The largest absolute Gasteiger partial charge is 0.379 e. The number of rotatable bonds is 7. The highest BCUT2D eigenvalue weighted by molar-refractivity contribution is 7.13. The average molecular weight is 455 g/mol. The van der Waals surface area contributed by atoms with Gasteiger partial charge in [0.2, 0.25) is 0 Å². The third-order valence-corrected chi connectivity index (χ3v) is 6.64. The minimum absolute atomic E-state index is 0.0690. The molecular formula is C23H30N6O2S. The van der Waals surface area contributed by atoms with Gasteiger partial charge in [-0.3, -0.25) is 9.69 Å². The van der Waals surface area contributed by atoms with Crippen molar-refractivity contribution in [3.05, 3.63) is 47.2 Å². The average Bonchev–Trinajstić information content (AvgIpc) is 3.49. The fourth-order valence-electron chi connectivity index (χ4n) is 3.93. The van der Waals surface area contributed by atoms with Gasteiger partial charge in [-0.1, -0.05) is 19.9 Å². The molecule has 0 bridgehead atoms. The van der Waals surface area contributed by atoms with Crippen molar-refractivity contribution < 1.29 is 9.53 Å². The van der Waals surface area contributed by atoms with Crippen molar-refractivity contribution in [2.24, 2.45) is 0 Å². The van der Waals surface area contributed by atoms with E-state index in [0.717, 1.165) is 42.6 Å². The van der Waals surface area contributed by atoms with Gasteiger partial charge in [-0.15, -0.1) is 11.3 Å². The number of nitrogens with zero attached hydrogens (tertiary/aromatic N) is 5. The van der Waals surface area contributed by atoms with Crippen LogP contribution in [0, 0.1) is 0 Å². The quantitative estimate of drug-likeness (QED) is 0.589. The lowest BCUT2D eigenvalue weighted by Gasteiger charge is -2.40. The molecule has 170 valence electrons. The molecule has 0 aliphatic carbocycles. The van der Waals surface area contributed by atoms with Gasteiger partial charge in [-0.05, 0) is 37.3 Å². The Hall–Kier alpha value is -2.62. The van der Waals surface area contributed by atoms with E-state index in [1.807, 2.05) is 37.4 Å². The highest BCUT2D eigenvalue weighted by Gasteiger charge is 2.30. The van der Waals surface area contributed by atoms with Crippen molar-refractivity contribution in [3.8, 4) is 16.5 Å². The number of hydrogen-bond donors (Lipinski definition) is 1. The maximum absolute atomic E-state index is 13.2. The number of carbonyl (C=O) groups excluding carboxylic acids is 1. The number of aromatic nitrogens is 4. The zero-order chi connectivity index (χ0) is 22.7. The molecule has 0 unspecified atom stereocenters. The summed E-state index contributed by atoms with van der Waals surface area (Å²) in [6.07, 6.45) is 3.35. The van der Waals surface area contributed by atoms with E-state index in [1.165, 1.54) is 0 Å². The first-order valence-corrected chi connectivity index (χ1v) is 11.8. The monoisotopic (exact) mass is 454 g/mol. The van der Waals surface area contributed by atoms with Gasteiger partial charge in [-0.2, -0.15) is 5.10 Å². The van der Waals surface area contributed by atoms with Gasteiger partial charge in [0.15, 0.2) is 0 Å². The van der Waals surface area contributed by atoms with E-state index in [1.54, 1.807) is 28.4 Å². The third kappa shape index (κ3) is 4.74. The van der Waals surface area contributed by atoms with E-state index in [-0.39, 0.29) is 17.4 Å². The van der Waals surface area contributed by atoms with Crippen LogP contribution in [0.2, 0.25) is 0 Å². The number of nitrogens with one attached hydrogen (secondary N) is 1. The number of carbonyl (C=O) groups is 1. The van der Waals surface area contributed by atoms with Crippen molar-refractivity contribution in [2.75, 3.05) is 32.8 Å². The standard InChI is InChI=1S/C23H30N6O2S/c1-16(2)20-17(21(30)25-15-23(3,4)28-9-11-31-12-10-28)14-26-29(20)22-24-8-7-18(27-22)19-6-5-13-32-19/h5-8,13-14,16H,9-12,15H2,1-4H3,(H,25,30). The summed E-state index contributed by atoms with van der Waals surface area (Å²) in [6, 6.07) is 5.91. The van der Waals surface area contributed by atoms with Crippen LogP contribution in [0.1, 0.15) is 49.7 Å². The maximum Gasteiger partial charge on any atom is 0.254 e. The number of thiophene rings is 1. The lowest BCUT2D eigenvalue weighted by Crippen LogP contribution is -2.55. The maximum atomic E-state index is 13.2. The molecule has 0 radical (unpaired) electrons. The molecule has 1 fully saturated rings. The lowest BCUT2D eigenvalue weighted by atomic mass is 10.0. The van der Waals surface area contributed by atoms with Crippen LogP contribution >= 0.6 is 11.3 Å². The summed E-state index contributed by atoms with van der Waals surface area (Å²) in [7, 11) is 0. The summed E-state index contributed by atoms with van der Waals surface area (Å²) in [6.45, 7) is 12.1. The highest BCUT2D eigenvalue weighted by Crippen LogP contribution is 2.25. The van der Waals surface area contributed by atoms with Crippen molar-refractivity contribution >= 4 is 17.2 Å². The van der Waals surface area contributed by atoms with Crippen LogP contribution in [0.3, 0.4) is 0 Å². The Morgan fingerprint density at radius 1 is 1.28 bits per heavy atom. The molecule has 1 N–H and O–H groups in total. The van der Waals surface area contributed by atoms with E-state index >= 15 is 0 Å². The van der Waals surface area contributed by atoms with Crippen molar-refractivity contribution in [1.82, 2.24) is 30.0 Å². The molecule has 1 saturated heterocycles. The number of ether oxygens (including phenoxy) is 1. The SMILES string of the molecule is CC(C)c1c(C(=O)NCC(C)(C)N2CCOCC2)cnn1-c1nccc(-c2cccs2)n1.